The van der Waals surface area contributed by atoms with Crippen molar-refractivity contribution in [1.29, 1.82) is 0 Å². The van der Waals surface area contributed by atoms with Crippen molar-refractivity contribution >= 4 is 0 Å². The van der Waals surface area contributed by atoms with Crippen LogP contribution < -0.4 is 0 Å². The van der Waals surface area contributed by atoms with Crippen LogP contribution in [-0.4, -0.2) is 9.97 Å². The number of pyridine rings is 2. The van der Waals surface area contributed by atoms with Gasteiger partial charge in [0.15, 0.2) is 0 Å². The first-order valence-corrected chi connectivity index (χ1v) is 7.70. The molecule has 24 heavy (non-hydrogen) atoms. The summed E-state index contributed by atoms with van der Waals surface area (Å²) in [5.41, 5.74) is 5.71. The molecule has 2 heterocycles. The maximum Gasteiger partial charge on any atom is 0.113 e. The van der Waals surface area contributed by atoms with Crippen LogP contribution in [-0.2, 0) is 0 Å². The molecule has 3 rings (SSSR count). The van der Waals surface area contributed by atoms with E-state index in [0.29, 0.717) is 0 Å². The van der Waals surface area contributed by atoms with Gasteiger partial charge in [0.05, 0.1) is 0 Å². The number of hydrogen-bond acceptors (Lipinski definition) is 2. The lowest BCUT2D eigenvalue weighted by atomic mass is 10.00. The van der Waals surface area contributed by atoms with Crippen LogP contribution in [0.4, 0.5) is 0 Å². The third-order valence-electron chi connectivity index (χ3n) is 3.61. The molecule has 0 saturated heterocycles. The molecule has 0 aliphatic rings. The average Bonchev–Trinajstić information content (AvgIpc) is 2.63. The van der Waals surface area contributed by atoms with Crippen LogP contribution in [0.5, 0.6) is 0 Å². The van der Waals surface area contributed by atoms with Crippen molar-refractivity contribution in [3.05, 3.63) is 94.6 Å². The van der Waals surface area contributed by atoms with E-state index in [2.05, 4.69) is 59.6 Å². The number of hydrogen-bond donors (Lipinski definition) is 0. The van der Waals surface area contributed by atoms with Crippen molar-refractivity contribution in [2.45, 2.75) is 13.8 Å². The summed E-state index contributed by atoms with van der Waals surface area (Å²) in [4.78, 5) is 8.47. The fourth-order valence-corrected chi connectivity index (χ4v) is 2.16. The largest absolute Gasteiger partial charge is 0.248 e. The van der Waals surface area contributed by atoms with E-state index < -0.39 is 0 Å². The van der Waals surface area contributed by atoms with E-state index in [1.54, 1.807) is 12.4 Å². The van der Waals surface area contributed by atoms with Gasteiger partial charge in [0.25, 0.3) is 0 Å². The highest BCUT2D eigenvalue weighted by atomic mass is 14.6. The Balaban J connectivity index is 2.02. The van der Waals surface area contributed by atoms with E-state index in [4.69, 9.17) is 0 Å². The maximum atomic E-state index is 4.24. The second-order valence-corrected chi connectivity index (χ2v) is 5.41. The Kier molecular flexibility index (Phi) is 4.70. The molecule has 0 radical (unpaired) electrons. The smallest absolute Gasteiger partial charge is 0.113 e. The van der Waals surface area contributed by atoms with Crippen LogP contribution in [0.3, 0.4) is 0 Å². The summed E-state index contributed by atoms with van der Waals surface area (Å²) < 4.78 is 0. The van der Waals surface area contributed by atoms with Crippen molar-refractivity contribution in [1.82, 2.24) is 9.97 Å². The molecule has 0 saturated carbocycles. The number of benzene rings is 1. The van der Waals surface area contributed by atoms with Crippen molar-refractivity contribution in [2.75, 3.05) is 0 Å². The number of aromatic nitrogens is 2. The van der Waals surface area contributed by atoms with Crippen molar-refractivity contribution in [3.63, 3.8) is 0 Å². The van der Waals surface area contributed by atoms with Crippen LogP contribution >= 0.6 is 0 Å². The minimum absolute atomic E-state index is 0.749. The van der Waals surface area contributed by atoms with E-state index >= 15 is 0 Å². The van der Waals surface area contributed by atoms with E-state index in [1.807, 2.05) is 36.4 Å². The number of aryl methyl sites for hydroxylation is 2. The molecule has 0 unspecified atom stereocenters. The van der Waals surface area contributed by atoms with E-state index in [9.17, 15) is 0 Å². The lowest BCUT2D eigenvalue weighted by molar-refractivity contribution is 1.28. The number of rotatable bonds is 0. The zero-order chi connectivity index (χ0) is 16.8. The molecule has 2 aromatic heterocycles. The standard InChI is InChI=1S/C22H16N2/c1-17-15-19(9-11-21-7-3-5-13-23-21)20(16-18(17)2)10-12-22-8-4-6-14-24-22/h3-8,13-16H,1-2H3. The van der Waals surface area contributed by atoms with Gasteiger partial charge in [-0.3, -0.25) is 0 Å². The highest BCUT2D eigenvalue weighted by Crippen LogP contribution is 2.15. The van der Waals surface area contributed by atoms with Crippen LogP contribution in [0.25, 0.3) is 0 Å². The molecular weight excluding hydrogens is 292 g/mol. The van der Waals surface area contributed by atoms with E-state index in [0.717, 1.165) is 22.5 Å². The average molecular weight is 308 g/mol. The summed E-state index contributed by atoms with van der Waals surface area (Å²) in [6.07, 6.45) is 3.48. The Hall–Kier alpha value is -3.36. The molecule has 0 bridgehead atoms. The summed E-state index contributed by atoms with van der Waals surface area (Å²) in [6.45, 7) is 4.16. The van der Waals surface area contributed by atoms with Crippen LogP contribution in [0, 0.1) is 37.5 Å². The first kappa shape index (κ1) is 15.5. The lowest BCUT2D eigenvalue weighted by Crippen LogP contribution is -1.91. The SMILES string of the molecule is Cc1cc(C#Cc2ccccn2)c(C#Cc2ccccn2)cc1C. The Labute approximate surface area is 142 Å². The second-order valence-electron chi connectivity index (χ2n) is 5.41. The fraction of sp³-hybridized carbons (Fsp3) is 0.0909. The number of nitrogens with zero attached hydrogens (tertiary/aromatic N) is 2. The molecule has 0 N–H and O–H groups in total. The molecule has 0 fully saturated rings. The molecular formula is C22H16N2. The third-order valence-corrected chi connectivity index (χ3v) is 3.61. The first-order valence-electron chi connectivity index (χ1n) is 7.70. The van der Waals surface area contributed by atoms with Gasteiger partial charge in [0.1, 0.15) is 11.4 Å². The summed E-state index contributed by atoms with van der Waals surface area (Å²) in [6, 6.07) is 15.6. The van der Waals surface area contributed by atoms with Gasteiger partial charge >= 0.3 is 0 Å². The van der Waals surface area contributed by atoms with Crippen molar-refractivity contribution < 1.29 is 0 Å². The minimum atomic E-state index is 0.749. The summed E-state index contributed by atoms with van der Waals surface area (Å²) in [7, 11) is 0. The monoisotopic (exact) mass is 308 g/mol. The first-order chi connectivity index (χ1) is 11.7. The second kappa shape index (κ2) is 7.27. The van der Waals surface area contributed by atoms with Gasteiger partial charge < -0.3 is 0 Å². The third kappa shape index (κ3) is 3.88. The summed E-state index contributed by atoms with van der Waals surface area (Å²) in [5, 5.41) is 0. The van der Waals surface area contributed by atoms with E-state index in [-0.39, 0.29) is 0 Å². The van der Waals surface area contributed by atoms with Crippen molar-refractivity contribution in [3.8, 4) is 23.7 Å². The van der Waals surface area contributed by atoms with Crippen molar-refractivity contribution in [2.24, 2.45) is 0 Å². The Morgan fingerprint density at radius 3 is 1.46 bits per heavy atom. The molecule has 2 nitrogen and oxygen atoms in total. The molecule has 0 aliphatic carbocycles. The van der Waals surface area contributed by atoms with Gasteiger partial charge in [0, 0.05) is 23.5 Å². The van der Waals surface area contributed by atoms with Gasteiger partial charge in [-0.05, 0) is 73.2 Å². The highest BCUT2D eigenvalue weighted by Gasteiger charge is 2.02. The Bertz CT molecular complexity index is 884. The molecule has 2 heteroatoms. The lowest BCUT2D eigenvalue weighted by Gasteiger charge is -2.03. The quantitative estimate of drug-likeness (QED) is 0.589. The normalized spacial score (nSPS) is 9.42. The molecule has 0 atom stereocenters. The van der Waals surface area contributed by atoms with Crippen LogP contribution in [0.2, 0.25) is 0 Å². The summed E-state index contributed by atoms with van der Waals surface area (Å²) >= 11 is 0. The van der Waals surface area contributed by atoms with Gasteiger partial charge in [-0.2, -0.15) is 0 Å². The van der Waals surface area contributed by atoms with Crippen LogP contribution in [0.1, 0.15) is 33.6 Å². The fourth-order valence-electron chi connectivity index (χ4n) is 2.16. The predicted octanol–water partition coefficient (Wildman–Crippen LogP) is 3.89. The topological polar surface area (TPSA) is 25.8 Å². The van der Waals surface area contributed by atoms with Gasteiger partial charge in [-0.1, -0.05) is 24.0 Å². The molecule has 0 aliphatic heterocycles. The molecule has 0 amide bonds. The molecule has 1 aromatic carbocycles. The molecule has 0 spiro atoms. The maximum absolute atomic E-state index is 4.24. The van der Waals surface area contributed by atoms with Gasteiger partial charge in [-0.25, -0.2) is 9.97 Å². The molecule has 114 valence electrons. The van der Waals surface area contributed by atoms with Gasteiger partial charge in [-0.15, -0.1) is 0 Å². The zero-order valence-electron chi connectivity index (χ0n) is 13.7. The zero-order valence-corrected chi connectivity index (χ0v) is 13.7. The van der Waals surface area contributed by atoms with Crippen LogP contribution in [0.15, 0.2) is 60.9 Å². The predicted molar refractivity (Wildman–Crippen MR) is 96.4 cm³/mol. The van der Waals surface area contributed by atoms with E-state index in [1.165, 1.54) is 11.1 Å². The Morgan fingerprint density at radius 1 is 0.625 bits per heavy atom. The Morgan fingerprint density at radius 2 is 1.08 bits per heavy atom. The summed E-state index contributed by atoms with van der Waals surface area (Å²) in [5.74, 6) is 12.6. The van der Waals surface area contributed by atoms with Gasteiger partial charge in [0.2, 0.25) is 0 Å². The highest BCUT2D eigenvalue weighted by molar-refractivity contribution is 5.56. The molecule has 3 aromatic rings. The minimum Gasteiger partial charge on any atom is -0.248 e.